The van der Waals surface area contributed by atoms with E-state index in [1.165, 1.54) is 0 Å². The lowest BCUT2D eigenvalue weighted by atomic mass is 9.99. The fourth-order valence-electron chi connectivity index (χ4n) is 3.48. The molecule has 1 aromatic heterocycles. The van der Waals surface area contributed by atoms with Crippen LogP contribution >= 0.6 is 11.6 Å². The molecule has 0 radical (unpaired) electrons. The van der Waals surface area contributed by atoms with Crippen molar-refractivity contribution in [2.45, 2.75) is 25.9 Å². The average Bonchev–Trinajstić information content (AvgIpc) is 2.63. The molecule has 2 heterocycles. The molecule has 25 heavy (non-hydrogen) atoms. The van der Waals surface area contributed by atoms with Crippen LogP contribution in [0.3, 0.4) is 0 Å². The van der Waals surface area contributed by atoms with Crippen molar-refractivity contribution in [3.05, 3.63) is 53.3 Å². The Hall–Kier alpha value is -2.17. The van der Waals surface area contributed by atoms with Gasteiger partial charge >= 0.3 is 0 Å². The van der Waals surface area contributed by atoms with Crippen LogP contribution in [0.15, 0.2) is 42.7 Å². The molecule has 4 nitrogen and oxygen atoms in total. The van der Waals surface area contributed by atoms with Crippen LogP contribution in [0.5, 0.6) is 0 Å². The predicted octanol–water partition coefficient (Wildman–Crippen LogP) is 4.22. The topological polar surface area (TPSA) is 49.2 Å². The van der Waals surface area contributed by atoms with Crippen LogP contribution in [-0.4, -0.2) is 34.3 Å². The Labute approximate surface area is 152 Å². The van der Waals surface area contributed by atoms with Gasteiger partial charge in [0.1, 0.15) is 12.1 Å². The molecule has 1 unspecified atom stereocenters. The Morgan fingerprint density at radius 2 is 2.08 bits per heavy atom. The minimum atomic E-state index is -0.306. The number of halogens is 1. The number of nitrogens with zero attached hydrogens (tertiary/aromatic N) is 3. The Morgan fingerprint density at radius 3 is 2.88 bits per heavy atom. The third kappa shape index (κ3) is 3.08. The fraction of sp³-hybridized carbons (Fsp3) is 0.300. The van der Waals surface area contributed by atoms with E-state index >= 15 is 0 Å². The minimum absolute atomic E-state index is 0.306. The predicted molar refractivity (Wildman–Crippen MR) is 102 cm³/mol. The van der Waals surface area contributed by atoms with Crippen molar-refractivity contribution in [3.8, 4) is 11.1 Å². The molecule has 1 fully saturated rings. The summed E-state index contributed by atoms with van der Waals surface area (Å²) in [7, 11) is 0. The van der Waals surface area contributed by atoms with Crippen LogP contribution in [0.4, 0.5) is 5.82 Å². The highest BCUT2D eigenvalue weighted by atomic mass is 35.5. The standard InChI is InChI=1S/C20H20ClN3O/c1-13-7-8-14(10-17(13)21)16-5-2-6-18-19(16)20(23-12-22-18)24-9-3-4-15(25)11-24/h2,5-8,10,12,15,25H,3-4,9,11H2,1H3. The van der Waals surface area contributed by atoms with Gasteiger partial charge in [-0.25, -0.2) is 9.97 Å². The van der Waals surface area contributed by atoms with Crippen molar-refractivity contribution in [1.29, 1.82) is 0 Å². The SMILES string of the molecule is Cc1ccc(-c2cccc3ncnc(N4CCCC(O)C4)c23)cc1Cl. The largest absolute Gasteiger partial charge is 0.391 e. The van der Waals surface area contributed by atoms with Crippen LogP contribution in [0.1, 0.15) is 18.4 Å². The van der Waals surface area contributed by atoms with Gasteiger partial charge < -0.3 is 10.0 Å². The van der Waals surface area contributed by atoms with Crippen molar-refractivity contribution in [3.63, 3.8) is 0 Å². The number of fused-ring (bicyclic) bond motifs is 1. The van der Waals surface area contributed by atoms with E-state index in [1.54, 1.807) is 6.33 Å². The summed E-state index contributed by atoms with van der Waals surface area (Å²) in [6.07, 6.45) is 3.11. The summed E-state index contributed by atoms with van der Waals surface area (Å²) < 4.78 is 0. The van der Waals surface area contributed by atoms with E-state index in [0.29, 0.717) is 6.54 Å². The van der Waals surface area contributed by atoms with Crippen molar-refractivity contribution in [1.82, 2.24) is 9.97 Å². The summed E-state index contributed by atoms with van der Waals surface area (Å²) in [5, 5.41) is 11.8. The van der Waals surface area contributed by atoms with Crippen LogP contribution in [0.25, 0.3) is 22.0 Å². The van der Waals surface area contributed by atoms with Crippen LogP contribution in [0, 0.1) is 6.92 Å². The molecular formula is C20H20ClN3O. The second kappa shape index (κ2) is 6.62. The summed E-state index contributed by atoms with van der Waals surface area (Å²) in [4.78, 5) is 11.2. The Bertz CT molecular complexity index is 923. The number of piperidine rings is 1. The van der Waals surface area contributed by atoms with Gasteiger partial charge in [-0.1, -0.05) is 35.9 Å². The number of hydrogen-bond donors (Lipinski definition) is 1. The van der Waals surface area contributed by atoms with Crippen molar-refractivity contribution >= 4 is 28.3 Å². The maximum Gasteiger partial charge on any atom is 0.140 e. The van der Waals surface area contributed by atoms with E-state index in [1.807, 2.05) is 31.2 Å². The Morgan fingerprint density at radius 1 is 1.20 bits per heavy atom. The maximum atomic E-state index is 10.1. The third-order valence-corrected chi connectivity index (χ3v) is 5.23. The van der Waals surface area contributed by atoms with Gasteiger partial charge in [0.2, 0.25) is 0 Å². The van der Waals surface area contributed by atoms with Gasteiger partial charge in [0.25, 0.3) is 0 Å². The van der Waals surface area contributed by atoms with E-state index < -0.39 is 0 Å². The molecule has 5 heteroatoms. The zero-order valence-corrected chi connectivity index (χ0v) is 14.9. The Kier molecular flexibility index (Phi) is 4.32. The van der Waals surface area contributed by atoms with E-state index in [0.717, 1.165) is 57.8 Å². The second-order valence-electron chi connectivity index (χ2n) is 6.60. The monoisotopic (exact) mass is 353 g/mol. The molecule has 128 valence electrons. The Balaban J connectivity index is 1.91. The number of aryl methyl sites for hydroxylation is 1. The maximum absolute atomic E-state index is 10.1. The summed E-state index contributed by atoms with van der Waals surface area (Å²) in [5.41, 5.74) is 4.07. The summed E-state index contributed by atoms with van der Waals surface area (Å²) in [5.74, 6) is 0.885. The summed E-state index contributed by atoms with van der Waals surface area (Å²) >= 11 is 6.35. The van der Waals surface area contributed by atoms with Gasteiger partial charge in [-0.05, 0) is 48.6 Å². The second-order valence-corrected chi connectivity index (χ2v) is 7.01. The minimum Gasteiger partial charge on any atom is -0.391 e. The summed E-state index contributed by atoms with van der Waals surface area (Å²) in [6.45, 7) is 3.50. The lowest BCUT2D eigenvalue weighted by molar-refractivity contribution is 0.154. The quantitative estimate of drug-likeness (QED) is 0.749. The van der Waals surface area contributed by atoms with Crippen molar-refractivity contribution < 1.29 is 5.11 Å². The number of benzene rings is 2. The number of aromatic nitrogens is 2. The first-order valence-electron chi connectivity index (χ1n) is 8.57. The van der Waals surface area contributed by atoms with E-state index in [4.69, 9.17) is 11.6 Å². The number of aliphatic hydroxyl groups excluding tert-OH is 1. The molecule has 0 saturated carbocycles. The lowest BCUT2D eigenvalue weighted by Gasteiger charge is -2.32. The molecule has 0 bridgehead atoms. The van der Waals surface area contributed by atoms with Gasteiger partial charge in [0, 0.05) is 18.1 Å². The normalized spacial score (nSPS) is 17.9. The fourth-order valence-corrected chi connectivity index (χ4v) is 3.66. The molecule has 3 aromatic rings. The van der Waals surface area contributed by atoms with Crippen LogP contribution in [-0.2, 0) is 0 Å². The molecule has 4 rings (SSSR count). The zero-order chi connectivity index (χ0) is 17.4. The van der Waals surface area contributed by atoms with E-state index in [-0.39, 0.29) is 6.10 Å². The highest BCUT2D eigenvalue weighted by Gasteiger charge is 2.22. The van der Waals surface area contributed by atoms with Gasteiger partial charge in [0.15, 0.2) is 0 Å². The molecule has 0 amide bonds. The third-order valence-electron chi connectivity index (χ3n) is 4.82. The van der Waals surface area contributed by atoms with Gasteiger partial charge in [0.05, 0.1) is 17.0 Å². The summed E-state index contributed by atoms with van der Waals surface area (Å²) in [6, 6.07) is 12.2. The van der Waals surface area contributed by atoms with Crippen molar-refractivity contribution in [2.24, 2.45) is 0 Å². The van der Waals surface area contributed by atoms with Gasteiger partial charge in [-0.3, -0.25) is 0 Å². The van der Waals surface area contributed by atoms with Crippen LogP contribution in [0.2, 0.25) is 5.02 Å². The van der Waals surface area contributed by atoms with Crippen LogP contribution < -0.4 is 4.90 Å². The number of rotatable bonds is 2. The average molecular weight is 354 g/mol. The molecule has 1 saturated heterocycles. The zero-order valence-electron chi connectivity index (χ0n) is 14.1. The number of aliphatic hydroxyl groups is 1. The first-order chi connectivity index (χ1) is 12.1. The molecule has 1 aliphatic heterocycles. The molecule has 2 aromatic carbocycles. The number of anilines is 1. The molecule has 1 atom stereocenters. The van der Waals surface area contributed by atoms with Gasteiger partial charge in [-0.2, -0.15) is 0 Å². The number of β-amino-alcohol motifs (C(OH)–C–C–N with tert-alkyl or cyclic N) is 1. The lowest BCUT2D eigenvalue weighted by Crippen LogP contribution is -2.38. The first-order valence-corrected chi connectivity index (χ1v) is 8.94. The van der Waals surface area contributed by atoms with E-state index in [2.05, 4.69) is 27.0 Å². The molecule has 0 aliphatic carbocycles. The molecule has 1 N–H and O–H groups in total. The number of hydrogen-bond acceptors (Lipinski definition) is 4. The van der Waals surface area contributed by atoms with Crippen molar-refractivity contribution in [2.75, 3.05) is 18.0 Å². The molecular weight excluding hydrogens is 334 g/mol. The first kappa shape index (κ1) is 16.3. The molecule has 1 aliphatic rings. The highest BCUT2D eigenvalue weighted by Crippen LogP contribution is 2.35. The van der Waals surface area contributed by atoms with E-state index in [9.17, 15) is 5.11 Å². The highest BCUT2D eigenvalue weighted by molar-refractivity contribution is 6.31. The molecule has 0 spiro atoms. The van der Waals surface area contributed by atoms with Gasteiger partial charge in [-0.15, -0.1) is 0 Å². The smallest absolute Gasteiger partial charge is 0.140 e.